The number of ether oxygens (including phenoxy) is 5. The lowest BCUT2D eigenvalue weighted by atomic mass is 10.0. The molecule has 0 saturated carbocycles. The number of rotatable bonds is 17. The number of esters is 1. The van der Waals surface area contributed by atoms with Crippen molar-refractivity contribution in [2.45, 2.75) is 109 Å². The minimum absolute atomic E-state index is 0.0255. The molecule has 48 heavy (non-hydrogen) atoms. The zero-order valence-corrected chi connectivity index (χ0v) is 32.9. The van der Waals surface area contributed by atoms with E-state index in [9.17, 15) is 4.79 Å². The summed E-state index contributed by atoms with van der Waals surface area (Å²) in [7, 11) is -2.22. The number of carbonyl (C=O) groups is 1. The fourth-order valence-electron chi connectivity index (χ4n) is 5.81. The summed E-state index contributed by atoms with van der Waals surface area (Å²) in [6.07, 6.45) is 4.84. The van der Waals surface area contributed by atoms with Crippen LogP contribution in [-0.2, 0) is 37.3 Å². The molecule has 1 heterocycles. The second-order valence-corrected chi connectivity index (χ2v) is 23.9. The number of carbonyl (C=O) groups excluding carboxylic acids is 1. The molecule has 8 nitrogen and oxygen atoms in total. The summed E-state index contributed by atoms with van der Waals surface area (Å²) in [4.78, 5) is 12.0. The topological polar surface area (TPSA) is 81.7 Å². The minimum Gasteiger partial charge on any atom is -0.455 e. The summed E-state index contributed by atoms with van der Waals surface area (Å²) in [5.74, 6) is -0.368. The van der Waals surface area contributed by atoms with Gasteiger partial charge < -0.3 is 32.5 Å². The van der Waals surface area contributed by atoms with Crippen molar-refractivity contribution < 1.29 is 37.3 Å². The highest BCUT2D eigenvalue weighted by molar-refractivity contribution is 6.99. The van der Waals surface area contributed by atoms with Crippen molar-refractivity contribution in [1.29, 1.82) is 0 Å². The van der Waals surface area contributed by atoms with Crippen molar-refractivity contribution in [3.8, 4) is 0 Å². The fourth-order valence-corrected chi connectivity index (χ4v) is 11.8. The first kappa shape index (κ1) is 40.0. The van der Waals surface area contributed by atoms with E-state index in [1.54, 1.807) is 14.2 Å². The van der Waals surface area contributed by atoms with Gasteiger partial charge >= 0.3 is 5.97 Å². The Balaban J connectivity index is 2.21. The molecule has 2 aromatic carbocycles. The lowest BCUT2D eigenvalue weighted by Crippen LogP contribution is -2.69. The minimum atomic E-state index is -2.98. The second-order valence-electron chi connectivity index (χ2n) is 14.9. The van der Waals surface area contributed by atoms with Crippen LogP contribution >= 0.6 is 0 Å². The molecular weight excluding hydrogens is 641 g/mol. The molecule has 0 N–H and O–H groups in total. The molecule has 0 aliphatic carbocycles. The zero-order chi connectivity index (χ0) is 35.6. The highest BCUT2D eigenvalue weighted by Crippen LogP contribution is 2.41. The van der Waals surface area contributed by atoms with Crippen LogP contribution in [0.3, 0.4) is 0 Å². The van der Waals surface area contributed by atoms with E-state index in [1.165, 1.54) is 16.4 Å². The number of cyclic esters (lactones) is 1. The summed E-state index contributed by atoms with van der Waals surface area (Å²) >= 11 is 0. The van der Waals surface area contributed by atoms with Gasteiger partial charge in [0.05, 0.1) is 6.10 Å². The molecule has 0 amide bonds. The number of hydrogen-bond acceptors (Lipinski definition) is 8. The van der Waals surface area contributed by atoms with E-state index < -0.39 is 47.2 Å². The van der Waals surface area contributed by atoms with Gasteiger partial charge in [0, 0.05) is 26.7 Å². The Labute approximate surface area is 291 Å². The lowest BCUT2D eigenvalue weighted by molar-refractivity contribution is -0.174. The standard InChI is InChI=1S/C38H58O8Si2/c1-29(45-48(38(5,6)7,31-20-14-12-15-21-31)32-22-16-13-17-23-32)35(43-28-41-9)36(46-47(10,11)37(2,3)4)33(42-27-40-8)26-25-30-19-18-24-34(39)44-30/h12-18,20-26,29-30,33,35-36H,19,27-28H2,1-11H3/b26-25+/t29-,30+,33+,35-,36-/m0/s1. The van der Waals surface area contributed by atoms with Crippen molar-refractivity contribution in [2.24, 2.45) is 0 Å². The molecule has 266 valence electrons. The van der Waals surface area contributed by atoms with Crippen LogP contribution in [0, 0.1) is 0 Å². The molecule has 0 fully saturated rings. The summed E-state index contributed by atoms with van der Waals surface area (Å²) in [5.41, 5.74) is 0. The molecule has 10 heteroatoms. The Morgan fingerprint density at radius 3 is 1.83 bits per heavy atom. The number of methoxy groups -OCH3 is 2. The maximum absolute atomic E-state index is 12.0. The third-order valence-corrected chi connectivity index (χ3v) is 18.9. The average molecular weight is 699 g/mol. The van der Waals surface area contributed by atoms with Crippen molar-refractivity contribution in [1.82, 2.24) is 0 Å². The van der Waals surface area contributed by atoms with E-state index in [0.29, 0.717) is 6.42 Å². The van der Waals surface area contributed by atoms with E-state index in [0.717, 1.165) is 0 Å². The second kappa shape index (κ2) is 17.5. The van der Waals surface area contributed by atoms with Gasteiger partial charge in [0.2, 0.25) is 0 Å². The first-order valence-corrected chi connectivity index (χ1v) is 21.6. The highest BCUT2D eigenvalue weighted by Gasteiger charge is 2.53. The Bertz CT molecular complexity index is 1280. The first-order valence-electron chi connectivity index (χ1n) is 16.8. The van der Waals surface area contributed by atoms with Gasteiger partial charge in [0.25, 0.3) is 8.32 Å². The smallest absolute Gasteiger partial charge is 0.331 e. The van der Waals surface area contributed by atoms with Gasteiger partial charge in [0.1, 0.15) is 38.0 Å². The monoisotopic (exact) mass is 698 g/mol. The maximum Gasteiger partial charge on any atom is 0.331 e. The van der Waals surface area contributed by atoms with Gasteiger partial charge in [-0.25, -0.2) is 4.79 Å². The normalized spacial score (nSPS) is 18.8. The summed E-state index contributed by atoms with van der Waals surface area (Å²) < 4.78 is 44.3. The predicted octanol–water partition coefficient (Wildman–Crippen LogP) is 6.75. The van der Waals surface area contributed by atoms with Crippen molar-refractivity contribution in [3.05, 3.63) is 85.0 Å². The molecule has 0 radical (unpaired) electrons. The lowest BCUT2D eigenvalue weighted by Gasteiger charge is -2.48. The van der Waals surface area contributed by atoms with Crippen LogP contribution in [0.1, 0.15) is 54.9 Å². The summed E-state index contributed by atoms with van der Waals surface area (Å²) in [6.45, 7) is 19.9. The van der Waals surface area contributed by atoms with Gasteiger partial charge in [-0.05, 0) is 46.5 Å². The Hall–Kier alpha value is -2.42. The van der Waals surface area contributed by atoms with E-state index in [-0.39, 0.29) is 29.6 Å². The molecule has 1 aliphatic rings. The molecular formula is C38H58O8Si2. The van der Waals surface area contributed by atoms with Gasteiger partial charge in [-0.15, -0.1) is 0 Å². The van der Waals surface area contributed by atoms with E-state index >= 15 is 0 Å². The number of benzene rings is 2. The van der Waals surface area contributed by atoms with Crippen molar-refractivity contribution in [3.63, 3.8) is 0 Å². The molecule has 0 unspecified atom stereocenters. The Morgan fingerprint density at radius 2 is 1.35 bits per heavy atom. The highest BCUT2D eigenvalue weighted by atomic mass is 28.4. The van der Waals surface area contributed by atoms with E-state index in [1.807, 2.05) is 30.4 Å². The van der Waals surface area contributed by atoms with Crippen LogP contribution in [0.2, 0.25) is 23.2 Å². The van der Waals surface area contributed by atoms with Crippen LogP contribution in [0.4, 0.5) is 0 Å². The molecule has 5 atom stereocenters. The molecule has 1 aliphatic heterocycles. The Morgan fingerprint density at radius 1 is 0.812 bits per heavy atom. The van der Waals surface area contributed by atoms with Crippen LogP contribution in [0.5, 0.6) is 0 Å². The summed E-state index contributed by atoms with van der Waals surface area (Å²) in [6, 6.07) is 21.1. The first-order chi connectivity index (χ1) is 22.6. The number of hydrogen-bond donors (Lipinski definition) is 0. The van der Waals surface area contributed by atoms with Crippen molar-refractivity contribution in [2.75, 3.05) is 27.8 Å². The van der Waals surface area contributed by atoms with Crippen LogP contribution < -0.4 is 10.4 Å². The van der Waals surface area contributed by atoms with Crippen LogP contribution in [0.15, 0.2) is 85.0 Å². The van der Waals surface area contributed by atoms with Crippen LogP contribution in [0.25, 0.3) is 0 Å². The predicted molar refractivity (Wildman–Crippen MR) is 197 cm³/mol. The fraction of sp³-hybridized carbons (Fsp3) is 0.553. The van der Waals surface area contributed by atoms with Crippen molar-refractivity contribution >= 4 is 33.0 Å². The molecule has 0 bridgehead atoms. The largest absolute Gasteiger partial charge is 0.455 e. The quantitative estimate of drug-likeness (QED) is 0.0778. The molecule has 0 saturated heterocycles. The average Bonchev–Trinajstić information content (AvgIpc) is 3.03. The molecule has 3 rings (SSSR count). The molecule has 2 aromatic rings. The molecule has 0 spiro atoms. The third kappa shape index (κ3) is 10.1. The summed E-state index contributed by atoms with van der Waals surface area (Å²) in [5, 5.41) is 1.97. The maximum atomic E-state index is 12.0. The van der Waals surface area contributed by atoms with Gasteiger partial charge in [0.15, 0.2) is 8.32 Å². The molecule has 0 aromatic heterocycles. The van der Waals surface area contributed by atoms with Gasteiger partial charge in [-0.3, -0.25) is 0 Å². The third-order valence-electron chi connectivity index (χ3n) is 9.29. The van der Waals surface area contributed by atoms with E-state index in [4.69, 9.17) is 32.5 Å². The van der Waals surface area contributed by atoms with Gasteiger partial charge in [-0.2, -0.15) is 0 Å². The SMILES string of the molecule is COCO[C@H]([C@@H](O[Si](C)(C)C(C)(C)C)[C@@H](/C=C/[C@H]1CC=CC(=O)O1)OCOC)[C@H](C)O[Si](c1ccccc1)(c1ccccc1)C(C)(C)C. The van der Waals surface area contributed by atoms with Gasteiger partial charge in [-0.1, -0.05) is 114 Å². The zero-order valence-electron chi connectivity index (χ0n) is 30.9. The van der Waals surface area contributed by atoms with E-state index in [2.05, 4.69) is 110 Å². The van der Waals surface area contributed by atoms with Crippen LogP contribution in [-0.4, -0.2) is 80.9 Å². The Kier molecular flexibility index (Phi) is 14.6.